The van der Waals surface area contributed by atoms with Crippen LogP contribution in [0.4, 0.5) is 0 Å². The fraction of sp³-hybridized carbons (Fsp3) is 0.600. The highest BCUT2D eigenvalue weighted by molar-refractivity contribution is 14.0. The van der Waals surface area contributed by atoms with E-state index >= 15 is 0 Å². The summed E-state index contributed by atoms with van der Waals surface area (Å²) < 4.78 is 10.6. The summed E-state index contributed by atoms with van der Waals surface area (Å²) in [4.78, 5) is 15.8. The van der Waals surface area contributed by atoms with Crippen LogP contribution >= 0.6 is 24.0 Å². The molecule has 1 aliphatic carbocycles. The summed E-state index contributed by atoms with van der Waals surface area (Å²) in [5.41, 5.74) is 1.09. The molecule has 1 saturated carbocycles. The molecule has 2 rings (SSSR count). The Bertz CT molecular complexity index is 592. The molecule has 1 aliphatic rings. The van der Waals surface area contributed by atoms with Crippen molar-refractivity contribution in [3.05, 3.63) is 29.8 Å². The number of halogens is 1. The Balaban J connectivity index is 0.00000364. The number of unbranched alkanes of at least 4 members (excludes halogenated alkanes) is 1. The Kier molecular flexibility index (Phi) is 11.9. The predicted octanol–water partition coefficient (Wildman–Crippen LogP) is 3.49. The van der Waals surface area contributed by atoms with E-state index in [0.717, 1.165) is 55.7 Å². The Morgan fingerprint density at radius 3 is 2.70 bits per heavy atom. The third-order valence-electron chi connectivity index (χ3n) is 4.22. The minimum Gasteiger partial charge on any atom is -0.493 e. The van der Waals surface area contributed by atoms with Gasteiger partial charge in [-0.3, -0.25) is 4.79 Å². The third kappa shape index (κ3) is 9.83. The second-order valence-electron chi connectivity index (χ2n) is 6.52. The van der Waals surface area contributed by atoms with Gasteiger partial charge < -0.3 is 20.1 Å². The number of guanidine groups is 1. The van der Waals surface area contributed by atoms with Crippen LogP contribution in [-0.4, -0.2) is 38.7 Å². The second-order valence-corrected chi connectivity index (χ2v) is 6.52. The van der Waals surface area contributed by atoms with Crippen LogP contribution in [0.2, 0.25) is 0 Å². The summed E-state index contributed by atoms with van der Waals surface area (Å²) in [7, 11) is 1.42. The maximum absolute atomic E-state index is 11.1. The molecule has 7 heteroatoms. The number of methoxy groups -OCH3 is 1. The summed E-state index contributed by atoms with van der Waals surface area (Å²) in [5, 5.41) is 6.56. The molecule has 2 N–H and O–H groups in total. The Hall–Kier alpha value is -1.51. The van der Waals surface area contributed by atoms with E-state index < -0.39 is 0 Å². The van der Waals surface area contributed by atoms with Crippen molar-refractivity contribution in [3.63, 3.8) is 0 Å². The van der Waals surface area contributed by atoms with Gasteiger partial charge in [-0.2, -0.15) is 0 Å². The number of carbonyl (C=O) groups excluding carboxylic acids is 1. The van der Waals surface area contributed by atoms with Gasteiger partial charge in [0.1, 0.15) is 5.75 Å². The Labute approximate surface area is 179 Å². The molecule has 1 aromatic carbocycles. The highest BCUT2D eigenvalue weighted by atomic mass is 127. The fourth-order valence-electron chi connectivity index (χ4n) is 2.48. The van der Waals surface area contributed by atoms with Gasteiger partial charge in [0, 0.05) is 25.1 Å². The molecular weight excluding hydrogens is 457 g/mol. The molecule has 27 heavy (non-hydrogen) atoms. The second kappa shape index (κ2) is 13.6. The maximum atomic E-state index is 11.1. The fourth-order valence-corrected chi connectivity index (χ4v) is 2.48. The van der Waals surface area contributed by atoms with Gasteiger partial charge in [-0.15, -0.1) is 24.0 Å². The number of hydrogen-bond donors (Lipinski definition) is 2. The summed E-state index contributed by atoms with van der Waals surface area (Å²) >= 11 is 0. The molecule has 0 radical (unpaired) electrons. The van der Waals surface area contributed by atoms with Gasteiger partial charge in [0.25, 0.3) is 0 Å². The van der Waals surface area contributed by atoms with Crippen LogP contribution in [0, 0.1) is 5.92 Å². The Morgan fingerprint density at radius 1 is 1.22 bits per heavy atom. The van der Waals surface area contributed by atoms with Gasteiger partial charge in [0.2, 0.25) is 0 Å². The zero-order valence-electron chi connectivity index (χ0n) is 16.3. The van der Waals surface area contributed by atoms with Crippen LogP contribution in [0.25, 0.3) is 0 Å². The van der Waals surface area contributed by atoms with Crippen molar-refractivity contribution in [1.82, 2.24) is 10.6 Å². The zero-order valence-corrected chi connectivity index (χ0v) is 18.7. The lowest BCUT2D eigenvalue weighted by atomic mass is 10.2. The van der Waals surface area contributed by atoms with Crippen molar-refractivity contribution in [2.75, 3.05) is 26.8 Å². The molecule has 0 aliphatic heterocycles. The van der Waals surface area contributed by atoms with E-state index in [4.69, 9.17) is 4.74 Å². The number of carbonyl (C=O) groups is 1. The molecule has 6 nitrogen and oxygen atoms in total. The molecule has 0 unspecified atom stereocenters. The molecule has 1 aromatic rings. The average Bonchev–Trinajstić information content (AvgIpc) is 3.49. The van der Waals surface area contributed by atoms with E-state index in [9.17, 15) is 4.79 Å². The number of aliphatic imine (C=N–C) groups is 1. The third-order valence-corrected chi connectivity index (χ3v) is 4.22. The summed E-state index contributed by atoms with van der Waals surface area (Å²) in [6, 6.07) is 8.09. The lowest BCUT2D eigenvalue weighted by Gasteiger charge is -2.13. The smallest absolute Gasteiger partial charge is 0.305 e. The number of benzene rings is 1. The van der Waals surface area contributed by atoms with Crippen LogP contribution in [0.1, 0.15) is 44.6 Å². The summed E-state index contributed by atoms with van der Waals surface area (Å²) in [5.74, 6) is 2.28. The lowest BCUT2D eigenvalue weighted by Crippen LogP contribution is -2.37. The van der Waals surface area contributed by atoms with E-state index in [1.54, 1.807) is 0 Å². The van der Waals surface area contributed by atoms with Crippen LogP contribution in [0.3, 0.4) is 0 Å². The molecule has 1 fully saturated rings. The van der Waals surface area contributed by atoms with Gasteiger partial charge in [-0.05, 0) is 44.6 Å². The average molecular weight is 489 g/mol. The van der Waals surface area contributed by atoms with Crippen molar-refractivity contribution >= 4 is 35.9 Å². The largest absolute Gasteiger partial charge is 0.493 e. The van der Waals surface area contributed by atoms with E-state index in [1.807, 2.05) is 25.1 Å². The zero-order chi connectivity index (χ0) is 18.6. The monoisotopic (exact) mass is 489 g/mol. The van der Waals surface area contributed by atoms with Gasteiger partial charge in [0.05, 0.1) is 20.3 Å². The molecule has 152 valence electrons. The highest BCUT2D eigenvalue weighted by Gasteiger charge is 2.22. The SMILES string of the molecule is CCNC(=NCc1ccccc1OCC1CC1)NCCCCC(=O)OC.I. The molecule has 0 bridgehead atoms. The highest BCUT2D eigenvalue weighted by Crippen LogP contribution is 2.30. The minimum atomic E-state index is -0.159. The van der Waals surface area contributed by atoms with Crippen molar-refractivity contribution in [1.29, 1.82) is 0 Å². The molecular formula is C20H32IN3O3. The van der Waals surface area contributed by atoms with Gasteiger partial charge >= 0.3 is 5.97 Å². The first kappa shape index (κ1) is 23.5. The van der Waals surface area contributed by atoms with E-state index in [1.165, 1.54) is 20.0 Å². The normalized spacial score (nSPS) is 13.5. The molecule has 0 atom stereocenters. The van der Waals surface area contributed by atoms with Crippen LogP contribution in [0.15, 0.2) is 29.3 Å². The number of nitrogens with zero attached hydrogens (tertiary/aromatic N) is 1. The van der Waals surface area contributed by atoms with E-state index in [-0.39, 0.29) is 29.9 Å². The summed E-state index contributed by atoms with van der Waals surface area (Å²) in [6.45, 7) is 4.98. The van der Waals surface area contributed by atoms with E-state index in [0.29, 0.717) is 13.0 Å². The lowest BCUT2D eigenvalue weighted by molar-refractivity contribution is -0.140. The molecule has 0 aromatic heterocycles. The van der Waals surface area contributed by atoms with Crippen molar-refractivity contribution in [2.45, 2.75) is 45.6 Å². The standard InChI is InChI=1S/C20H31N3O3.HI/c1-3-21-20(22-13-7-6-10-19(24)25-2)23-14-17-8-4-5-9-18(17)26-15-16-11-12-16;/h4-5,8-9,16H,3,6-7,10-15H2,1-2H3,(H2,21,22,23);1H. The number of esters is 1. The number of hydrogen-bond acceptors (Lipinski definition) is 4. The first-order valence-electron chi connectivity index (χ1n) is 9.52. The van der Waals surface area contributed by atoms with Gasteiger partial charge in [0.15, 0.2) is 5.96 Å². The Morgan fingerprint density at radius 2 is 2.00 bits per heavy atom. The topological polar surface area (TPSA) is 72.0 Å². The predicted molar refractivity (Wildman–Crippen MR) is 119 cm³/mol. The number of nitrogens with one attached hydrogen (secondary N) is 2. The van der Waals surface area contributed by atoms with Crippen LogP contribution in [0.5, 0.6) is 5.75 Å². The van der Waals surface area contributed by atoms with Crippen LogP contribution < -0.4 is 15.4 Å². The maximum Gasteiger partial charge on any atom is 0.305 e. The van der Waals surface area contributed by atoms with Crippen molar-refractivity contribution < 1.29 is 14.3 Å². The van der Waals surface area contributed by atoms with Gasteiger partial charge in [-0.1, -0.05) is 18.2 Å². The number of ether oxygens (including phenoxy) is 2. The first-order chi connectivity index (χ1) is 12.7. The van der Waals surface area contributed by atoms with E-state index in [2.05, 4.69) is 26.4 Å². The number of rotatable bonds is 11. The van der Waals surface area contributed by atoms with Crippen molar-refractivity contribution in [3.8, 4) is 5.75 Å². The summed E-state index contributed by atoms with van der Waals surface area (Å²) in [6.07, 6.45) is 4.71. The van der Waals surface area contributed by atoms with Crippen molar-refractivity contribution in [2.24, 2.45) is 10.9 Å². The minimum absolute atomic E-state index is 0. The number of para-hydroxylation sites is 1. The molecule has 0 heterocycles. The molecule has 0 amide bonds. The van der Waals surface area contributed by atoms with Crippen LogP contribution in [-0.2, 0) is 16.1 Å². The first-order valence-corrected chi connectivity index (χ1v) is 9.52. The molecule has 0 spiro atoms. The quantitative estimate of drug-likeness (QED) is 0.164. The molecule has 0 saturated heterocycles. The van der Waals surface area contributed by atoms with Gasteiger partial charge in [-0.25, -0.2) is 4.99 Å².